The number of hydrogen-bond acceptors (Lipinski definition) is 4. The molecule has 1 aromatic carbocycles. The van der Waals surface area contributed by atoms with E-state index in [1.54, 1.807) is 4.57 Å². The fourth-order valence-electron chi connectivity index (χ4n) is 4.04. The summed E-state index contributed by atoms with van der Waals surface area (Å²) in [4.78, 5) is 16.8. The van der Waals surface area contributed by atoms with Gasteiger partial charge in [-0.2, -0.15) is 0 Å². The van der Waals surface area contributed by atoms with Gasteiger partial charge in [-0.3, -0.25) is 9.36 Å². The van der Waals surface area contributed by atoms with Crippen LogP contribution in [0.2, 0.25) is 0 Å². The van der Waals surface area contributed by atoms with Crippen LogP contribution in [0.1, 0.15) is 43.9 Å². The lowest BCUT2D eigenvalue weighted by Crippen LogP contribution is -2.17. The van der Waals surface area contributed by atoms with Gasteiger partial charge in [-0.25, -0.2) is 4.98 Å². The maximum atomic E-state index is 12.1. The number of nitrogens with two attached hydrogens (primary N) is 2. The smallest absolute Gasteiger partial charge is 0.253 e. The maximum Gasteiger partial charge on any atom is 0.253 e. The number of aromatic hydroxyl groups is 1. The molecular weight excluding hydrogens is 328 g/mol. The number of phenols is 1. The molecule has 0 aliphatic heterocycles. The molecular formula is C20H22N4O2. The Hall–Kier alpha value is -3.02. The number of benzene rings is 1. The van der Waals surface area contributed by atoms with Crippen molar-refractivity contribution in [2.75, 3.05) is 5.73 Å². The Labute approximate surface area is 151 Å². The monoisotopic (exact) mass is 350 g/mol. The van der Waals surface area contributed by atoms with Crippen LogP contribution in [0.25, 0.3) is 16.7 Å². The summed E-state index contributed by atoms with van der Waals surface area (Å²) in [6.45, 7) is 7.75. The summed E-state index contributed by atoms with van der Waals surface area (Å²) < 4.78 is 1.77. The van der Waals surface area contributed by atoms with Crippen molar-refractivity contribution < 1.29 is 9.90 Å². The molecule has 134 valence electrons. The molecule has 2 aromatic heterocycles. The average Bonchev–Trinajstić information content (AvgIpc) is 2.78. The first kappa shape index (κ1) is 16.4. The summed E-state index contributed by atoms with van der Waals surface area (Å²) >= 11 is 0. The van der Waals surface area contributed by atoms with Gasteiger partial charge in [0.05, 0.1) is 11.3 Å². The molecule has 0 unspecified atom stereocenters. The third-order valence-corrected chi connectivity index (χ3v) is 5.69. The van der Waals surface area contributed by atoms with Crippen LogP contribution in [-0.4, -0.2) is 20.6 Å². The van der Waals surface area contributed by atoms with E-state index in [0.29, 0.717) is 16.8 Å². The van der Waals surface area contributed by atoms with Crippen LogP contribution in [0.5, 0.6) is 5.75 Å². The van der Waals surface area contributed by atoms with Gasteiger partial charge in [-0.05, 0) is 68.9 Å². The summed E-state index contributed by atoms with van der Waals surface area (Å²) in [5.41, 5.74) is 19.4. The Morgan fingerprint density at radius 2 is 1.81 bits per heavy atom. The molecule has 4 rings (SSSR count). The molecule has 0 saturated heterocycles. The van der Waals surface area contributed by atoms with Gasteiger partial charge in [0.2, 0.25) is 0 Å². The number of pyridine rings is 1. The maximum absolute atomic E-state index is 12.1. The van der Waals surface area contributed by atoms with Crippen LogP contribution in [0.3, 0.4) is 0 Å². The van der Waals surface area contributed by atoms with Crippen LogP contribution in [0.4, 0.5) is 5.82 Å². The first-order valence-electron chi connectivity index (χ1n) is 8.66. The van der Waals surface area contributed by atoms with Gasteiger partial charge in [0.15, 0.2) is 0 Å². The van der Waals surface area contributed by atoms with Crippen molar-refractivity contribution in [2.24, 2.45) is 5.73 Å². The predicted octanol–water partition coefficient (Wildman–Crippen LogP) is 2.74. The van der Waals surface area contributed by atoms with Crippen molar-refractivity contribution >= 4 is 22.8 Å². The molecule has 2 heterocycles. The van der Waals surface area contributed by atoms with Gasteiger partial charge < -0.3 is 16.6 Å². The first-order chi connectivity index (χ1) is 12.2. The number of nitrogen functional groups attached to an aromatic ring is 1. The topological polar surface area (TPSA) is 107 Å². The predicted molar refractivity (Wildman–Crippen MR) is 102 cm³/mol. The number of nitrogens with zero attached hydrogens (tertiary/aromatic N) is 2. The van der Waals surface area contributed by atoms with E-state index in [1.165, 1.54) is 0 Å². The van der Waals surface area contributed by atoms with E-state index in [0.717, 1.165) is 52.0 Å². The molecule has 1 amide bonds. The molecule has 0 atom stereocenters. The van der Waals surface area contributed by atoms with Crippen molar-refractivity contribution in [3.05, 3.63) is 45.1 Å². The molecule has 3 aromatic rings. The van der Waals surface area contributed by atoms with Crippen LogP contribution < -0.4 is 11.5 Å². The standard InChI is InChI=1S/C20H22N4O2/c1-8-7-14-15(19(22)26)18(21)24(20(14)23-11(8)4)16-9(2)12-5-6-13(12)17(25)10(16)3/h7,25H,5-6,21H2,1-4H3,(H2,22,26). The first-order valence-corrected chi connectivity index (χ1v) is 8.66. The minimum Gasteiger partial charge on any atom is -0.507 e. The molecule has 0 spiro atoms. The molecule has 0 fully saturated rings. The quantitative estimate of drug-likeness (QED) is 0.660. The zero-order valence-electron chi connectivity index (χ0n) is 15.4. The Bertz CT molecular complexity index is 1100. The van der Waals surface area contributed by atoms with E-state index >= 15 is 0 Å². The number of rotatable bonds is 2. The SMILES string of the molecule is Cc1cc2c(C(N)=O)c(N)n(-c3c(C)c(O)c4c(c3C)CC4)c2nc1C. The van der Waals surface area contributed by atoms with Gasteiger partial charge in [0.25, 0.3) is 5.91 Å². The number of aromatic nitrogens is 2. The number of amides is 1. The van der Waals surface area contributed by atoms with Crippen molar-refractivity contribution in [3.63, 3.8) is 0 Å². The van der Waals surface area contributed by atoms with Crippen LogP contribution in [-0.2, 0) is 12.8 Å². The van der Waals surface area contributed by atoms with Crippen molar-refractivity contribution in [1.29, 1.82) is 0 Å². The fourth-order valence-corrected chi connectivity index (χ4v) is 4.04. The molecule has 6 nitrogen and oxygen atoms in total. The number of phenolic OH excluding ortho intramolecular Hbond substituents is 1. The highest BCUT2D eigenvalue weighted by Gasteiger charge is 2.29. The van der Waals surface area contributed by atoms with E-state index in [9.17, 15) is 9.90 Å². The Balaban J connectivity index is 2.19. The average molecular weight is 350 g/mol. The fraction of sp³-hybridized carbons (Fsp3) is 0.300. The highest BCUT2D eigenvalue weighted by atomic mass is 16.3. The van der Waals surface area contributed by atoms with Gasteiger partial charge in [-0.1, -0.05) is 0 Å². The van der Waals surface area contributed by atoms with E-state index in [4.69, 9.17) is 16.5 Å². The van der Waals surface area contributed by atoms with E-state index < -0.39 is 5.91 Å². The third kappa shape index (κ3) is 1.92. The van der Waals surface area contributed by atoms with Gasteiger partial charge in [0, 0.05) is 16.6 Å². The minimum atomic E-state index is -0.584. The molecule has 1 aliphatic rings. The largest absolute Gasteiger partial charge is 0.507 e. The molecule has 26 heavy (non-hydrogen) atoms. The second kappa shape index (κ2) is 5.24. The molecule has 0 radical (unpaired) electrons. The minimum absolute atomic E-state index is 0.259. The van der Waals surface area contributed by atoms with E-state index in [1.807, 2.05) is 33.8 Å². The lowest BCUT2D eigenvalue weighted by Gasteiger charge is -2.28. The van der Waals surface area contributed by atoms with E-state index in [2.05, 4.69) is 0 Å². The number of fused-ring (bicyclic) bond motifs is 2. The second-order valence-corrected chi connectivity index (χ2v) is 7.13. The van der Waals surface area contributed by atoms with Crippen molar-refractivity contribution in [3.8, 4) is 11.4 Å². The zero-order chi connectivity index (χ0) is 18.9. The molecule has 6 heteroatoms. The lowest BCUT2D eigenvalue weighted by molar-refractivity contribution is 0.100. The Morgan fingerprint density at radius 1 is 1.15 bits per heavy atom. The van der Waals surface area contributed by atoms with Crippen LogP contribution >= 0.6 is 0 Å². The normalized spacial score (nSPS) is 12.9. The number of anilines is 1. The Kier molecular flexibility index (Phi) is 3.31. The summed E-state index contributed by atoms with van der Waals surface area (Å²) in [5.74, 6) is -0.0211. The zero-order valence-corrected chi connectivity index (χ0v) is 15.4. The second-order valence-electron chi connectivity index (χ2n) is 7.13. The van der Waals surface area contributed by atoms with E-state index in [-0.39, 0.29) is 11.4 Å². The highest BCUT2D eigenvalue weighted by molar-refractivity contribution is 6.11. The highest BCUT2D eigenvalue weighted by Crippen LogP contribution is 2.43. The third-order valence-electron chi connectivity index (χ3n) is 5.69. The van der Waals surface area contributed by atoms with Gasteiger partial charge >= 0.3 is 0 Å². The van der Waals surface area contributed by atoms with Crippen molar-refractivity contribution in [1.82, 2.24) is 9.55 Å². The molecule has 5 N–H and O–H groups in total. The number of carbonyl (C=O) groups is 1. The van der Waals surface area contributed by atoms with Gasteiger partial charge in [0.1, 0.15) is 17.2 Å². The number of carbonyl (C=O) groups excluding carboxylic acids is 1. The summed E-state index contributed by atoms with van der Waals surface area (Å²) in [5, 5.41) is 11.3. The van der Waals surface area contributed by atoms with Crippen molar-refractivity contribution in [2.45, 2.75) is 40.5 Å². The molecule has 1 aliphatic carbocycles. The summed E-state index contributed by atoms with van der Waals surface area (Å²) in [7, 11) is 0. The summed E-state index contributed by atoms with van der Waals surface area (Å²) in [6, 6.07) is 1.90. The van der Waals surface area contributed by atoms with Gasteiger partial charge in [-0.15, -0.1) is 0 Å². The van der Waals surface area contributed by atoms with Crippen LogP contribution in [0.15, 0.2) is 6.07 Å². The molecule has 0 saturated carbocycles. The summed E-state index contributed by atoms with van der Waals surface area (Å²) in [6.07, 6.45) is 1.81. The molecule has 0 bridgehead atoms. The number of primary amides is 1. The number of aryl methyl sites for hydroxylation is 2. The lowest BCUT2D eigenvalue weighted by atomic mass is 9.81. The Morgan fingerprint density at radius 3 is 2.38 bits per heavy atom. The number of hydrogen-bond donors (Lipinski definition) is 3. The van der Waals surface area contributed by atoms with Crippen LogP contribution in [0, 0.1) is 27.7 Å².